The number of hydrogen-bond acceptors (Lipinski definition) is 4. The Hall–Kier alpha value is -0.830. The van der Waals surface area contributed by atoms with Crippen LogP contribution in [0, 0.1) is 12.7 Å². The molecule has 26 heavy (non-hydrogen) atoms. The van der Waals surface area contributed by atoms with Gasteiger partial charge < -0.3 is 9.47 Å². The summed E-state index contributed by atoms with van der Waals surface area (Å²) in [4.78, 5) is 12.6. The Morgan fingerprint density at radius 1 is 1.35 bits per heavy atom. The van der Waals surface area contributed by atoms with Gasteiger partial charge in [-0.3, -0.25) is 0 Å². The first-order valence-corrected chi connectivity index (χ1v) is 10.2. The van der Waals surface area contributed by atoms with E-state index in [1.165, 1.54) is 20.3 Å². The predicted molar refractivity (Wildman–Crippen MR) is 105 cm³/mol. The van der Waals surface area contributed by atoms with Gasteiger partial charge in [-0.15, -0.1) is 0 Å². The maximum atomic E-state index is 14.3. The lowest BCUT2D eigenvalue weighted by atomic mass is 9.84. The van der Waals surface area contributed by atoms with Crippen molar-refractivity contribution in [3.05, 3.63) is 33.5 Å². The number of nitrogens with one attached hydrogen (secondary N) is 1. The average Bonchev–Trinajstić information content (AvgIpc) is 2.57. The van der Waals surface area contributed by atoms with Crippen molar-refractivity contribution in [2.24, 2.45) is 0 Å². The molecule has 0 fully saturated rings. The van der Waals surface area contributed by atoms with E-state index in [4.69, 9.17) is 9.47 Å². The molecule has 0 amide bonds. The molecule has 5 nitrogen and oxygen atoms in total. The van der Waals surface area contributed by atoms with Crippen LogP contribution >= 0.6 is 15.9 Å². The van der Waals surface area contributed by atoms with Gasteiger partial charge in [-0.1, -0.05) is 6.92 Å². The number of aryl methyl sites for hydroxylation is 1. The minimum Gasteiger partial charge on any atom is -0.467 e. The topological polar surface area (TPSA) is 64.6 Å². The average molecular weight is 452 g/mol. The zero-order valence-corrected chi connectivity index (χ0v) is 18.6. The summed E-state index contributed by atoms with van der Waals surface area (Å²) in [5.74, 6) is -1.10. The Labute approximate surface area is 165 Å². The zero-order chi connectivity index (χ0) is 20.3. The van der Waals surface area contributed by atoms with Gasteiger partial charge in [0, 0.05) is 7.11 Å². The molecule has 0 bridgehead atoms. The van der Waals surface area contributed by atoms with E-state index in [0.717, 1.165) is 5.56 Å². The van der Waals surface area contributed by atoms with Gasteiger partial charge in [0.05, 0.1) is 33.4 Å². The molecule has 3 atom stereocenters. The Kier molecular flexibility index (Phi) is 7.95. The number of esters is 1. The first-order chi connectivity index (χ1) is 11.9. The quantitative estimate of drug-likeness (QED) is 0.637. The van der Waals surface area contributed by atoms with Crippen LogP contribution in [-0.2, 0) is 25.3 Å². The molecule has 148 valence electrons. The minimum atomic E-state index is -1.53. The van der Waals surface area contributed by atoms with Crippen molar-refractivity contribution in [2.75, 3.05) is 14.2 Å². The van der Waals surface area contributed by atoms with E-state index >= 15 is 0 Å². The summed E-state index contributed by atoms with van der Waals surface area (Å²) >= 11 is 3.16. The fourth-order valence-corrected chi connectivity index (χ4v) is 3.99. The molecule has 0 saturated heterocycles. The fourth-order valence-electron chi connectivity index (χ4n) is 2.65. The predicted octanol–water partition coefficient (Wildman–Crippen LogP) is 3.96. The summed E-state index contributed by atoms with van der Waals surface area (Å²) in [5, 5.41) is 0. The number of rotatable bonds is 7. The van der Waals surface area contributed by atoms with E-state index < -0.39 is 39.2 Å². The van der Waals surface area contributed by atoms with Crippen molar-refractivity contribution < 1.29 is 22.9 Å². The van der Waals surface area contributed by atoms with Crippen molar-refractivity contribution in [1.82, 2.24) is 4.72 Å². The van der Waals surface area contributed by atoms with Crippen molar-refractivity contribution in [1.29, 1.82) is 0 Å². The van der Waals surface area contributed by atoms with Crippen LogP contribution in [0.3, 0.4) is 0 Å². The summed E-state index contributed by atoms with van der Waals surface area (Å²) in [5.41, 5.74) is -0.251. The molecule has 1 aromatic carbocycles. The molecule has 0 aliphatic rings. The summed E-state index contributed by atoms with van der Waals surface area (Å²) in [6.45, 7) is 8.98. The zero-order valence-electron chi connectivity index (χ0n) is 16.2. The minimum absolute atomic E-state index is 0.242. The van der Waals surface area contributed by atoms with Gasteiger partial charge in [0.2, 0.25) is 0 Å². The summed E-state index contributed by atoms with van der Waals surface area (Å²) in [7, 11) is 1.12. The van der Waals surface area contributed by atoms with Crippen LogP contribution in [0.5, 0.6) is 0 Å². The van der Waals surface area contributed by atoms with Gasteiger partial charge in [-0.25, -0.2) is 18.1 Å². The van der Waals surface area contributed by atoms with Crippen LogP contribution in [0.15, 0.2) is 16.6 Å². The van der Waals surface area contributed by atoms with E-state index in [1.807, 2.05) is 0 Å². The van der Waals surface area contributed by atoms with E-state index in [9.17, 15) is 13.4 Å². The normalized spacial score (nSPS) is 16.7. The second-order valence-electron chi connectivity index (χ2n) is 6.99. The van der Waals surface area contributed by atoms with Crippen LogP contribution in [0.4, 0.5) is 4.39 Å². The van der Waals surface area contributed by atoms with E-state index in [0.29, 0.717) is 10.0 Å². The summed E-state index contributed by atoms with van der Waals surface area (Å²) in [6, 6.07) is 2.07. The summed E-state index contributed by atoms with van der Waals surface area (Å²) in [6.07, 6.45) is 0.242. The number of carbonyl (C=O) groups is 1. The lowest BCUT2D eigenvalue weighted by Gasteiger charge is -2.38. The second kappa shape index (κ2) is 8.91. The number of ether oxygens (including phenoxy) is 2. The monoisotopic (exact) mass is 451 g/mol. The van der Waals surface area contributed by atoms with Crippen LogP contribution in [0.2, 0.25) is 0 Å². The third-order valence-corrected chi connectivity index (χ3v) is 6.46. The molecule has 0 radical (unpaired) electrons. The van der Waals surface area contributed by atoms with Crippen molar-refractivity contribution in [3.63, 3.8) is 0 Å². The van der Waals surface area contributed by atoms with Crippen molar-refractivity contribution in [3.8, 4) is 0 Å². The largest absolute Gasteiger partial charge is 0.467 e. The molecular weight excluding hydrogens is 425 g/mol. The SMILES string of the molecule is CCC(OC)(C(=O)OC)[C@@H](N[S@@](=O)C(C)(C)C)c1cc(F)c(Br)cc1C. The third kappa shape index (κ3) is 4.71. The van der Waals surface area contributed by atoms with Crippen LogP contribution in [-0.4, -0.2) is 34.7 Å². The molecule has 0 aliphatic heterocycles. The smallest absolute Gasteiger partial charge is 0.340 e. The molecule has 8 heteroatoms. The second-order valence-corrected chi connectivity index (χ2v) is 9.85. The molecule has 1 rings (SSSR count). The van der Waals surface area contributed by atoms with Gasteiger partial charge in [0.1, 0.15) is 5.82 Å². The molecule has 0 aliphatic carbocycles. The molecular formula is C18H27BrFNO4S. The van der Waals surface area contributed by atoms with E-state index in [1.54, 1.807) is 40.7 Å². The molecule has 0 aromatic heterocycles. The highest BCUT2D eigenvalue weighted by atomic mass is 79.9. The Morgan fingerprint density at radius 3 is 2.35 bits per heavy atom. The van der Waals surface area contributed by atoms with Gasteiger partial charge >= 0.3 is 5.97 Å². The van der Waals surface area contributed by atoms with E-state index in [-0.39, 0.29) is 6.42 Å². The van der Waals surface area contributed by atoms with Crippen molar-refractivity contribution in [2.45, 2.75) is 57.4 Å². The number of benzene rings is 1. The molecule has 0 heterocycles. The van der Waals surface area contributed by atoms with Crippen molar-refractivity contribution >= 4 is 32.9 Å². The molecule has 0 spiro atoms. The number of halogens is 2. The highest BCUT2D eigenvalue weighted by molar-refractivity contribution is 9.10. The van der Waals surface area contributed by atoms with Gasteiger partial charge in [0.25, 0.3) is 0 Å². The number of hydrogen-bond donors (Lipinski definition) is 1. The third-order valence-electron chi connectivity index (χ3n) is 4.29. The lowest BCUT2D eigenvalue weighted by Crippen LogP contribution is -2.54. The van der Waals surface area contributed by atoms with Gasteiger partial charge in [-0.05, 0) is 73.3 Å². The van der Waals surface area contributed by atoms with Crippen LogP contribution in [0.25, 0.3) is 0 Å². The highest BCUT2D eigenvalue weighted by Gasteiger charge is 2.48. The van der Waals surface area contributed by atoms with E-state index in [2.05, 4.69) is 20.7 Å². The first kappa shape index (κ1) is 23.2. The number of carbonyl (C=O) groups excluding carboxylic acids is 1. The summed E-state index contributed by atoms with van der Waals surface area (Å²) < 4.78 is 40.3. The highest BCUT2D eigenvalue weighted by Crippen LogP contribution is 2.37. The Bertz CT molecular complexity index is 687. The van der Waals surface area contributed by atoms with Crippen LogP contribution in [0.1, 0.15) is 51.3 Å². The Balaban J connectivity index is 3.65. The van der Waals surface area contributed by atoms with Crippen LogP contribution < -0.4 is 4.72 Å². The molecule has 1 aromatic rings. The van der Waals surface area contributed by atoms with Gasteiger partial charge in [-0.2, -0.15) is 0 Å². The first-order valence-electron chi connectivity index (χ1n) is 8.21. The maximum absolute atomic E-state index is 14.3. The molecule has 0 saturated carbocycles. The standard InChI is InChI=1S/C18H27BrFNO4S/c1-8-18(25-7,16(22)24-6)15(21-26(23)17(3,4)5)12-10-14(20)13(19)9-11(12)2/h9-10,15,21H,8H2,1-7H3/t15-,18?,26-/m0/s1. The maximum Gasteiger partial charge on any atom is 0.340 e. The molecule has 1 unspecified atom stereocenters. The Morgan fingerprint density at radius 2 is 1.92 bits per heavy atom. The lowest BCUT2D eigenvalue weighted by molar-refractivity contribution is -0.170. The van der Waals surface area contributed by atoms with Gasteiger partial charge in [0.15, 0.2) is 5.60 Å². The molecule has 1 N–H and O–H groups in total. The fraction of sp³-hybridized carbons (Fsp3) is 0.611. The number of methoxy groups -OCH3 is 2.